The molecule has 1 aromatic carbocycles. The maximum absolute atomic E-state index is 13.4. The van der Waals surface area contributed by atoms with Crippen molar-refractivity contribution in [3.8, 4) is 5.75 Å². The highest BCUT2D eigenvalue weighted by molar-refractivity contribution is 5.97. The third kappa shape index (κ3) is 5.77. The van der Waals surface area contributed by atoms with Gasteiger partial charge in [0.15, 0.2) is 0 Å². The minimum absolute atomic E-state index is 0.00944. The lowest BCUT2D eigenvalue weighted by Crippen LogP contribution is -2.55. The van der Waals surface area contributed by atoms with E-state index in [9.17, 15) is 14.4 Å². The summed E-state index contributed by atoms with van der Waals surface area (Å²) in [6.07, 6.45) is 4.58. The predicted octanol–water partition coefficient (Wildman–Crippen LogP) is 2.70. The summed E-state index contributed by atoms with van der Waals surface area (Å²) in [6, 6.07) is 6.34. The number of amides is 3. The first-order valence-corrected chi connectivity index (χ1v) is 11.4. The number of carbonyl (C=O) groups is 3. The summed E-state index contributed by atoms with van der Waals surface area (Å²) < 4.78 is 5.16. The molecule has 3 amide bonds. The molecule has 2 aliphatic heterocycles. The molecule has 2 heterocycles. The van der Waals surface area contributed by atoms with E-state index < -0.39 is 6.04 Å². The van der Waals surface area contributed by atoms with Gasteiger partial charge in [0.2, 0.25) is 11.8 Å². The normalized spacial score (nSPS) is 18.6. The van der Waals surface area contributed by atoms with Crippen molar-refractivity contribution in [2.24, 2.45) is 11.8 Å². The first kappa shape index (κ1) is 23.1. The van der Waals surface area contributed by atoms with Crippen LogP contribution < -0.4 is 10.1 Å². The Morgan fingerprint density at radius 2 is 1.48 bits per heavy atom. The van der Waals surface area contributed by atoms with Gasteiger partial charge >= 0.3 is 0 Å². The van der Waals surface area contributed by atoms with Crippen LogP contribution in [0.15, 0.2) is 24.3 Å². The molecular weight excluding hydrogens is 394 g/mol. The fourth-order valence-corrected chi connectivity index (χ4v) is 4.48. The Morgan fingerprint density at radius 3 is 2.03 bits per heavy atom. The summed E-state index contributed by atoms with van der Waals surface area (Å²) in [5, 5.41) is 3.03. The van der Waals surface area contributed by atoms with Gasteiger partial charge in [0.1, 0.15) is 11.8 Å². The van der Waals surface area contributed by atoms with E-state index in [1.165, 1.54) is 0 Å². The molecule has 0 spiro atoms. The van der Waals surface area contributed by atoms with Crippen LogP contribution in [0.3, 0.4) is 0 Å². The summed E-state index contributed by atoms with van der Waals surface area (Å²) in [5.41, 5.74) is 0.504. The second kappa shape index (κ2) is 10.6. The van der Waals surface area contributed by atoms with Crippen molar-refractivity contribution in [2.45, 2.75) is 52.0 Å². The van der Waals surface area contributed by atoms with Crippen LogP contribution in [0.2, 0.25) is 0 Å². The number of nitrogens with zero attached hydrogens (tertiary/aromatic N) is 2. The molecule has 0 aromatic heterocycles. The summed E-state index contributed by atoms with van der Waals surface area (Å²) >= 11 is 0. The minimum atomic E-state index is -0.566. The number of hydrogen-bond acceptors (Lipinski definition) is 4. The van der Waals surface area contributed by atoms with Gasteiger partial charge in [-0.3, -0.25) is 14.4 Å². The molecule has 0 bridgehead atoms. The average molecular weight is 430 g/mol. The second-order valence-electron chi connectivity index (χ2n) is 8.88. The number of hydrogen-bond donors (Lipinski definition) is 1. The van der Waals surface area contributed by atoms with Gasteiger partial charge < -0.3 is 19.9 Å². The maximum atomic E-state index is 13.4. The van der Waals surface area contributed by atoms with E-state index in [0.29, 0.717) is 37.2 Å². The molecule has 1 unspecified atom stereocenters. The number of rotatable bonds is 6. The van der Waals surface area contributed by atoms with Crippen LogP contribution in [0, 0.1) is 11.8 Å². The van der Waals surface area contributed by atoms with Crippen LogP contribution in [0.5, 0.6) is 5.75 Å². The highest BCUT2D eigenvalue weighted by Crippen LogP contribution is 2.25. The Kier molecular flexibility index (Phi) is 7.93. The molecule has 0 aliphatic carbocycles. The molecule has 170 valence electrons. The Hall–Kier alpha value is -2.57. The number of benzene rings is 1. The molecule has 2 aliphatic rings. The van der Waals surface area contributed by atoms with Crippen molar-refractivity contribution in [3.63, 3.8) is 0 Å². The van der Waals surface area contributed by atoms with Gasteiger partial charge in [-0.25, -0.2) is 0 Å². The quantitative estimate of drug-likeness (QED) is 0.754. The van der Waals surface area contributed by atoms with E-state index >= 15 is 0 Å². The van der Waals surface area contributed by atoms with E-state index in [2.05, 4.69) is 5.32 Å². The number of likely N-dealkylation sites (tertiary alicyclic amines) is 2. The third-order valence-electron chi connectivity index (χ3n) is 6.39. The predicted molar refractivity (Wildman–Crippen MR) is 119 cm³/mol. The SMILES string of the molecule is COc1ccc(C(=O)NC(C(=O)N2CCCCC2)C2CCN(C(=O)C(C)C)CC2)cc1. The van der Waals surface area contributed by atoms with Gasteiger partial charge in [0.25, 0.3) is 5.91 Å². The maximum Gasteiger partial charge on any atom is 0.251 e. The van der Waals surface area contributed by atoms with Crippen molar-refractivity contribution < 1.29 is 19.1 Å². The van der Waals surface area contributed by atoms with E-state index in [0.717, 1.165) is 32.4 Å². The van der Waals surface area contributed by atoms with Crippen molar-refractivity contribution in [3.05, 3.63) is 29.8 Å². The molecule has 2 saturated heterocycles. The fraction of sp³-hybridized carbons (Fsp3) is 0.625. The number of methoxy groups -OCH3 is 1. The molecule has 7 heteroatoms. The summed E-state index contributed by atoms with van der Waals surface area (Å²) in [6.45, 7) is 6.57. The van der Waals surface area contributed by atoms with Crippen LogP contribution in [0.4, 0.5) is 0 Å². The molecule has 1 atom stereocenters. The van der Waals surface area contributed by atoms with E-state index in [1.54, 1.807) is 31.4 Å². The zero-order valence-corrected chi connectivity index (χ0v) is 18.9. The Morgan fingerprint density at radius 1 is 0.903 bits per heavy atom. The highest BCUT2D eigenvalue weighted by Gasteiger charge is 2.36. The first-order chi connectivity index (χ1) is 14.9. The van der Waals surface area contributed by atoms with Crippen molar-refractivity contribution in [2.75, 3.05) is 33.3 Å². The third-order valence-corrected chi connectivity index (χ3v) is 6.39. The lowest BCUT2D eigenvalue weighted by Gasteiger charge is -2.39. The molecule has 1 N–H and O–H groups in total. The zero-order chi connectivity index (χ0) is 22.4. The van der Waals surface area contributed by atoms with Gasteiger partial charge in [-0.1, -0.05) is 13.8 Å². The monoisotopic (exact) mass is 429 g/mol. The summed E-state index contributed by atoms with van der Waals surface area (Å²) in [5.74, 6) is 0.582. The van der Waals surface area contributed by atoms with E-state index in [1.807, 2.05) is 23.6 Å². The smallest absolute Gasteiger partial charge is 0.251 e. The zero-order valence-electron chi connectivity index (χ0n) is 18.9. The van der Waals surface area contributed by atoms with Gasteiger partial charge in [-0.15, -0.1) is 0 Å². The van der Waals surface area contributed by atoms with Crippen LogP contribution in [-0.4, -0.2) is 66.9 Å². The van der Waals surface area contributed by atoms with Crippen molar-refractivity contribution in [1.82, 2.24) is 15.1 Å². The molecule has 2 fully saturated rings. The molecule has 0 saturated carbocycles. The summed E-state index contributed by atoms with van der Waals surface area (Å²) in [7, 11) is 1.58. The molecule has 7 nitrogen and oxygen atoms in total. The van der Waals surface area contributed by atoms with Crippen molar-refractivity contribution >= 4 is 17.7 Å². The highest BCUT2D eigenvalue weighted by atomic mass is 16.5. The second-order valence-corrected chi connectivity index (χ2v) is 8.88. The number of piperidine rings is 2. The van der Waals surface area contributed by atoms with Crippen LogP contribution in [-0.2, 0) is 9.59 Å². The molecular formula is C24H35N3O4. The lowest BCUT2D eigenvalue weighted by atomic mass is 9.87. The first-order valence-electron chi connectivity index (χ1n) is 11.4. The lowest BCUT2D eigenvalue weighted by molar-refractivity contribution is -0.138. The minimum Gasteiger partial charge on any atom is -0.497 e. The summed E-state index contributed by atoms with van der Waals surface area (Å²) in [4.78, 5) is 42.5. The van der Waals surface area contributed by atoms with Gasteiger partial charge in [-0.2, -0.15) is 0 Å². The number of nitrogens with one attached hydrogen (secondary N) is 1. The average Bonchev–Trinajstić information content (AvgIpc) is 2.82. The molecule has 1 aromatic rings. The van der Waals surface area contributed by atoms with Gasteiger partial charge in [-0.05, 0) is 62.3 Å². The topological polar surface area (TPSA) is 79.0 Å². The number of ether oxygens (including phenoxy) is 1. The van der Waals surface area contributed by atoms with E-state index in [-0.39, 0.29) is 29.6 Å². The van der Waals surface area contributed by atoms with Crippen LogP contribution >= 0.6 is 0 Å². The largest absolute Gasteiger partial charge is 0.497 e. The molecule has 3 rings (SSSR count). The molecule has 0 radical (unpaired) electrons. The Bertz CT molecular complexity index is 764. The van der Waals surface area contributed by atoms with Crippen LogP contribution in [0.25, 0.3) is 0 Å². The fourth-order valence-electron chi connectivity index (χ4n) is 4.48. The number of carbonyl (C=O) groups excluding carboxylic acids is 3. The Balaban J connectivity index is 1.72. The van der Waals surface area contributed by atoms with Gasteiger partial charge in [0.05, 0.1) is 7.11 Å². The van der Waals surface area contributed by atoms with E-state index in [4.69, 9.17) is 4.74 Å². The molecule has 31 heavy (non-hydrogen) atoms. The van der Waals surface area contributed by atoms with Crippen molar-refractivity contribution in [1.29, 1.82) is 0 Å². The van der Waals surface area contributed by atoms with Gasteiger partial charge in [0, 0.05) is 37.7 Å². The Labute approximate surface area is 185 Å². The van der Waals surface area contributed by atoms with Crippen LogP contribution in [0.1, 0.15) is 56.3 Å². The standard InChI is InChI=1S/C24H35N3O4/c1-17(2)23(29)27-15-11-18(12-16-27)21(24(30)26-13-5-4-6-14-26)25-22(28)19-7-9-20(31-3)10-8-19/h7-10,17-18,21H,4-6,11-16H2,1-3H3,(H,25,28).